The molecule has 2 N–H and O–H groups in total. The normalized spacial score (nSPS) is 10.7. The van der Waals surface area contributed by atoms with Gasteiger partial charge in [0, 0.05) is 42.2 Å². The maximum Gasteiger partial charge on any atom is 0.307 e. The van der Waals surface area contributed by atoms with Crippen LogP contribution in [0.25, 0.3) is 0 Å². The van der Waals surface area contributed by atoms with E-state index in [1.54, 1.807) is 9.95 Å². The molecule has 2 rings (SSSR count). The minimum Gasteiger partial charge on any atom is -0.352 e. The van der Waals surface area contributed by atoms with E-state index in [0.29, 0.717) is 13.1 Å². The van der Waals surface area contributed by atoms with Gasteiger partial charge in [-0.15, -0.1) is 0 Å². The highest BCUT2D eigenvalue weighted by molar-refractivity contribution is 7.07. The summed E-state index contributed by atoms with van der Waals surface area (Å²) in [6.07, 6.45) is 0.264. The van der Waals surface area contributed by atoms with Gasteiger partial charge in [0.1, 0.15) is 0 Å². The number of rotatable bonds is 7. The zero-order chi connectivity index (χ0) is 18.4. The fraction of sp³-hybridized carbons (Fsp3) is 0.389. The van der Waals surface area contributed by atoms with Crippen molar-refractivity contribution in [3.63, 3.8) is 0 Å². The molecule has 0 aliphatic carbocycles. The van der Waals surface area contributed by atoms with Crippen LogP contribution in [-0.4, -0.2) is 16.4 Å². The van der Waals surface area contributed by atoms with Crippen molar-refractivity contribution in [3.05, 3.63) is 50.6 Å². The van der Waals surface area contributed by atoms with Crippen molar-refractivity contribution in [2.24, 2.45) is 5.92 Å². The Labute approximate surface area is 150 Å². The minimum atomic E-state index is -0.102. The topological polar surface area (TPSA) is 80.2 Å². The molecular formula is C18H23N3O3S. The Morgan fingerprint density at radius 2 is 1.88 bits per heavy atom. The number of benzene rings is 1. The molecule has 1 aromatic carbocycles. The average Bonchev–Trinajstić information content (AvgIpc) is 2.90. The third kappa shape index (κ3) is 5.56. The minimum absolute atomic E-state index is 0.0278. The second kappa shape index (κ2) is 8.62. The molecular weight excluding hydrogens is 338 g/mol. The van der Waals surface area contributed by atoms with Crippen molar-refractivity contribution in [2.45, 2.75) is 40.3 Å². The SMILES string of the molecule is Cc1csc(=O)n1CCC(=O)NCc1ccc(NC(=O)C(C)C)cc1. The van der Waals surface area contributed by atoms with Crippen molar-refractivity contribution in [3.8, 4) is 0 Å². The number of carbonyl (C=O) groups is 2. The Morgan fingerprint density at radius 3 is 2.44 bits per heavy atom. The summed E-state index contributed by atoms with van der Waals surface area (Å²) in [7, 11) is 0. The van der Waals surface area contributed by atoms with E-state index in [9.17, 15) is 14.4 Å². The van der Waals surface area contributed by atoms with Gasteiger partial charge in [-0.25, -0.2) is 0 Å². The first kappa shape index (κ1) is 18.9. The van der Waals surface area contributed by atoms with E-state index in [-0.39, 0.29) is 29.0 Å². The van der Waals surface area contributed by atoms with Crippen LogP contribution in [0.5, 0.6) is 0 Å². The number of nitrogens with one attached hydrogen (secondary N) is 2. The van der Waals surface area contributed by atoms with Gasteiger partial charge in [0.2, 0.25) is 11.8 Å². The van der Waals surface area contributed by atoms with Gasteiger partial charge in [-0.3, -0.25) is 14.4 Å². The summed E-state index contributed by atoms with van der Waals surface area (Å²) in [5, 5.41) is 7.45. The molecule has 7 heteroatoms. The Hall–Kier alpha value is -2.41. The Morgan fingerprint density at radius 1 is 1.20 bits per heavy atom. The molecule has 1 heterocycles. The smallest absolute Gasteiger partial charge is 0.307 e. The fourth-order valence-electron chi connectivity index (χ4n) is 2.17. The molecule has 2 amide bonds. The van der Waals surface area contributed by atoms with E-state index in [1.165, 1.54) is 0 Å². The molecule has 0 aliphatic heterocycles. The van der Waals surface area contributed by atoms with E-state index in [4.69, 9.17) is 0 Å². The highest BCUT2D eigenvalue weighted by atomic mass is 32.1. The van der Waals surface area contributed by atoms with Crippen molar-refractivity contribution in [1.29, 1.82) is 0 Å². The second-order valence-corrected chi connectivity index (χ2v) is 6.98. The first-order valence-electron chi connectivity index (χ1n) is 8.18. The first-order valence-corrected chi connectivity index (χ1v) is 9.06. The van der Waals surface area contributed by atoms with E-state index in [2.05, 4.69) is 10.6 Å². The molecule has 0 saturated carbocycles. The molecule has 0 bridgehead atoms. The van der Waals surface area contributed by atoms with Crippen LogP contribution in [0, 0.1) is 12.8 Å². The van der Waals surface area contributed by atoms with Crippen molar-refractivity contribution in [1.82, 2.24) is 9.88 Å². The van der Waals surface area contributed by atoms with Crippen LogP contribution in [0.15, 0.2) is 34.4 Å². The number of anilines is 1. The van der Waals surface area contributed by atoms with E-state index < -0.39 is 0 Å². The summed E-state index contributed by atoms with van der Waals surface area (Å²) in [5.41, 5.74) is 2.56. The van der Waals surface area contributed by atoms with Gasteiger partial charge in [0.05, 0.1) is 0 Å². The molecule has 1 aromatic heterocycles. The van der Waals surface area contributed by atoms with Crippen LogP contribution in [0.1, 0.15) is 31.5 Å². The molecule has 0 unspecified atom stereocenters. The number of amides is 2. The lowest BCUT2D eigenvalue weighted by atomic mass is 10.1. The highest BCUT2D eigenvalue weighted by Crippen LogP contribution is 2.11. The number of carbonyl (C=O) groups excluding carboxylic acids is 2. The maximum atomic E-state index is 11.9. The predicted molar refractivity (Wildman–Crippen MR) is 99.7 cm³/mol. The summed E-state index contributed by atoms with van der Waals surface area (Å²) in [4.78, 5) is 35.1. The number of aryl methyl sites for hydroxylation is 1. The quantitative estimate of drug-likeness (QED) is 0.795. The van der Waals surface area contributed by atoms with Gasteiger partial charge in [-0.1, -0.05) is 37.3 Å². The molecule has 0 spiro atoms. The molecule has 6 nitrogen and oxygen atoms in total. The molecule has 0 atom stereocenters. The van der Waals surface area contributed by atoms with Gasteiger partial charge in [0.15, 0.2) is 0 Å². The van der Waals surface area contributed by atoms with Gasteiger partial charge < -0.3 is 15.2 Å². The largest absolute Gasteiger partial charge is 0.352 e. The molecule has 134 valence electrons. The molecule has 0 radical (unpaired) electrons. The van der Waals surface area contributed by atoms with Crippen LogP contribution in [0.2, 0.25) is 0 Å². The van der Waals surface area contributed by atoms with Crippen molar-refractivity contribution < 1.29 is 9.59 Å². The third-order valence-electron chi connectivity index (χ3n) is 3.77. The number of aromatic nitrogens is 1. The maximum absolute atomic E-state index is 11.9. The van der Waals surface area contributed by atoms with Gasteiger partial charge >= 0.3 is 4.87 Å². The molecule has 0 fully saturated rings. The Balaban J connectivity index is 1.79. The fourth-order valence-corrected chi connectivity index (χ4v) is 2.93. The highest BCUT2D eigenvalue weighted by Gasteiger charge is 2.08. The lowest BCUT2D eigenvalue weighted by molar-refractivity contribution is -0.121. The number of nitrogens with zero attached hydrogens (tertiary/aromatic N) is 1. The summed E-state index contributed by atoms with van der Waals surface area (Å²) in [6.45, 7) is 6.33. The Bertz CT molecular complexity index is 791. The average molecular weight is 361 g/mol. The van der Waals surface area contributed by atoms with E-state index in [0.717, 1.165) is 28.3 Å². The van der Waals surface area contributed by atoms with Crippen molar-refractivity contribution in [2.75, 3.05) is 5.32 Å². The zero-order valence-electron chi connectivity index (χ0n) is 14.7. The van der Waals surface area contributed by atoms with Gasteiger partial charge in [-0.05, 0) is 24.6 Å². The predicted octanol–water partition coefficient (Wildman–Crippen LogP) is 2.52. The number of thiazole rings is 1. The first-order chi connectivity index (χ1) is 11.9. The van der Waals surface area contributed by atoms with Crippen LogP contribution >= 0.6 is 11.3 Å². The third-order valence-corrected chi connectivity index (χ3v) is 4.66. The van der Waals surface area contributed by atoms with Gasteiger partial charge in [-0.2, -0.15) is 0 Å². The standard InChI is InChI=1S/C18H23N3O3S/c1-12(2)17(23)20-15-6-4-14(5-7-15)10-19-16(22)8-9-21-13(3)11-25-18(21)24/h4-7,11-12H,8-10H2,1-3H3,(H,19,22)(H,20,23). The second-order valence-electron chi connectivity index (χ2n) is 6.16. The van der Waals surface area contributed by atoms with E-state index >= 15 is 0 Å². The van der Waals surface area contributed by atoms with Crippen LogP contribution in [-0.2, 0) is 22.7 Å². The molecule has 2 aromatic rings. The summed E-state index contributed by atoms with van der Waals surface area (Å²) in [6, 6.07) is 7.36. The molecule has 25 heavy (non-hydrogen) atoms. The van der Waals surface area contributed by atoms with E-state index in [1.807, 2.05) is 45.0 Å². The van der Waals surface area contributed by atoms with Crippen molar-refractivity contribution >= 4 is 28.8 Å². The monoisotopic (exact) mass is 361 g/mol. The molecule has 0 saturated heterocycles. The molecule has 0 aliphatic rings. The lowest BCUT2D eigenvalue weighted by Crippen LogP contribution is -2.26. The number of hydrogen-bond donors (Lipinski definition) is 2. The van der Waals surface area contributed by atoms with Crippen LogP contribution in [0.4, 0.5) is 5.69 Å². The number of hydrogen-bond acceptors (Lipinski definition) is 4. The zero-order valence-corrected chi connectivity index (χ0v) is 15.5. The summed E-state index contributed by atoms with van der Waals surface area (Å²) < 4.78 is 1.61. The summed E-state index contributed by atoms with van der Waals surface area (Å²) >= 11 is 1.15. The Kier molecular flexibility index (Phi) is 6.52. The van der Waals surface area contributed by atoms with Gasteiger partial charge in [0.25, 0.3) is 0 Å². The lowest BCUT2D eigenvalue weighted by Gasteiger charge is -2.09. The van der Waals surface area contributed by atoms with Crippen LogP contribution in [0.3, 0.4) is 0 Å². The summed E-state index contributed by atoms with van der Waals surface area (Å²) in [5.74, 6) is -0.201. The van der Waals surface area contributed by atoms with Crippen LogP contribution < -0.4 is 15.5 Å².